The first-order valence-corrected chi connectivity index (χ1v) is 5.86. The molecule has 4 heteroatoms. The fourth-order valence-corrected chi connectivity index (χ4v) is 1.76. The van der Waals surface area contributed by atoms with E-state index in [-0.39, 0.29) is 5.97 Å². The van der Waals surface area contributed by atoms with Crippen LogP contribution in [0.1, 0.15) is 19.3 Å². The second-order valence-corrected chi connectivity index (χ2v) is 4.39. The molecule has 0 unspecified atom stereocenters. The largest absolute Gasteiger partial charge is 0.469 e. The zero-order valence-corrected chi connectivity index (χ0v) is 8.86. The normalized spacial score (nSPS) is 15.8. The fourth-order valence-electron chi connectivity index (χ4n) is 0.982. The lowest BCUT2D eigenvalue weighted by Crippen LogP contribution is -2.19. The summed E-state index contributed by atoms with van der Waals surface area (Å²) in [6.45, 7) is 1.07. The molecule has 1 fully saturated rings. The van der Waals surface area contributed by atoms with Gasteiger partial charge in [0.05, 0.1) is 13.5 Å². The molecule has 76 valence electrons. The average molecular weight is 203 g/mol. The Morgan fingerprint density at radius 1 is 1.54 bits per heavy atom. The summed E-state index contributed by atoms with van der Waals surface area (Å²) in [7, 11) is 1.43. The molecule has 0 saturated heterocycles. The molecule has 0 spiro atoms. The summed E-state index contributed by atoms with van der Waals surface area (Å²) in [5, 5.41) is 3.42. The second-order valence-electron chi connectivity index (χ2n) is 3.17. The van der Waals surface area contributed by atoms with Crippen LogP contribution in [-0.2, 0) is 9.53 Å². The fraction of sp³-hybridized carbons (Fsp3) is 0.889. The van der Waals surface area contributed by atoms with E-state index in [4.69, 9.17) is 0 Å². The first kappa shape index (κ1) is 10.9. The molecule has 0 aliphatic heterocycles. The third-order valence-corrected chi connectivity index (χ3v) is 2.92. The van der Waals surface area contributed by atoms with Crippen molar-refractivity contribution in [3.63, 3.8) is 0 Å². The highest BCUT2D eigenvalue weighted by Crippen LogP contribution is 2.18. The molecular weight excluding hydrogens is 186 g/mol. The topological polar surface area (TPSA) is 38.3 Å². The second kappa shape index (κ2) is 6.27. The highest BCUT2D eigenvalue weighted by molar-refractivity contribution is 7.99. The van der Waals surface area contributed by atoms with E-state index in [1.807, 2.05) is 0 Å². The summed E-state index contributed by atoms with van der Waals surface area (Å²) in [6, 6.07) is 0.793. The van der Waals surface area contributed by atoms with Gasteiger partial charge in [-0.1, -0.05) is 0 Å². The molecule has 0 atom stereocenters. The monoisotopic (exact) mass is 203 g/mol. The van der Waals surface area contributed by atoms with Crippen LogP contribution < -0.4 is 5.32 Å². The van der Waals surface area contributed by atoms with Gasteiger partial charge >= 0.3 is 5.97 Å². The van der Waals surface area contributed by atoms with Crippen LogP contribution >= 0.6 is 11.8 Å². The van der Waals surface area contributed by atoms with Crippen LogP contribution in [0.3, 0.4) is 0 Å². The van der Waals surface area contributed by atoms with Gasteiger partial charge < -0.3 is 10.1 Å². The van der Waals surface area contributed by atoms with Crippen LogP contribution in [0.4, 0.5) is 0 Å². The van der Waals surface area contributed by atoms with Gasteiger partial charge in [0, 0.05) is 24.1 Å². The lowest BCUT2D eigenvalue weighted by atomic mass is 10.5. The van der Waals surface area contributed by atoms with Gasteiger partial charge in [-0.05, 0) is 12.8 Å². The van der Waals surface area contributed by atoms with Crippen molar-refractivity contribution in [2.24, 2.45) is 0 Å². The Hall–Kier alpha value is -0.220. The summed E-state index contributed by atoms with van der Waals surface area (Å²) in [5.74, 6) is 1.86. The molecule has 1 saturated carbocycles. The van der Waals surface area contributed by atoms with Crippen molar-refractivity contribution < 1.29 is 9.53 Å². The number of nitrogens with one attached hydrogen (secondary N) is 1. The number of hydrogen-bond donors (Lipinski definition) is 1. The van der Waals surface area contributed by atoms with Crippen LogP contribution in [0, 0.1) is 0 Å². The number of methoxy groups -OCH3 is 1. The quantitative estimate of drug-likeness (QED) is 0.495. The minimum absolute atomic E-state index is 0.109. The Bertz CT molecular complexity index is 160. The molecule has 13 heavy (non-hydrogen) atoms. The van der Waals surface area contributed by atoms with Crippen LogP contribution in [-0.4, -0.2) is 37.2 Å². The number of thioether (sulfide) groups is 1. The van der Waals surface area contributed by atoms with Gasteiger partial charge in [-0.15, -0.1) is 0 Å². The molecule has 1 aliphatic carbocycles. The van der Waals surface area contributed by atoms with Gasteiger partial charge in [-0.25, -0.2) is 0 Å². The predicted octanol–water partition coefficient (Wildman–Crippen LogP) is 1.03. The van der Waals surface area contributed by atoms with Crippen molar-refractivity contribution >= 4 is 17.7 Å². The maximum Gasteiger partial charge on any atom is 0.306 e. The molecule has 0 bridgehead atoms. The molecule has 3 nitrogen and oxygen atoms in total. The molecule has 0 radical (unpaired) electrons. The molecule has 1 aliphatic rings. The Kier molecular flexibility index (Phi) is 5.23. The first-order chi connectivity index (χ1) is 6.33. The van der Waals surface area contributed by atoms with E-state index in [9.17, 15) is 4.79 Å². The van der Waals surface area contributed by atoms with Gasteiger partial charge in [0.1, 0.15) is 0 Å². The summed E-state index contributed by atoms with van der Waals surface area (Å²) in [6.07, 6.45) is 3.21. The smallest absolute Gasteiger partial charge is 0.306 e. The molecule has 1 rings (SSSR count). The maximum atomic E-state index is 10.7. The van der Waals surface area contributed by atoms with Crippen molar-refractivity contribution in [1.29, 1.82) is 0 Å². The Labute approximate surface area is 83.6 Å². The van der Waals surface area contributed by atoms with Gasteiger partial charge in [0.15, 0.2) is 0 Å². The molecule has 0 aromatic heterocycles. The Morgan fingerprint density at radius 2 is 2.31 bits per heavy atom. The first-order valence-electron chi connectivity index (χ1n) is 4.71. The van der Waals surface area contributed by atoms with Gasteiger partial charge in [0.2, 0.25) is 0 Å². The van der Waals surface area contributed by atoms with Crippen LogP contribution in [0.2, 0.25) is 0 Å². The number of ether oxygens (including phenoxy) is 1. The van der Waals surface area contributed by atoms with E-state index in [2.05, 4.69) is 10.1 Å². The van der Waals surface area contributed by atoms with Crippen molar-refractivity contribution in [1.82, 2.24) is 5.32 Å². The molecule has 0 heterocycles. The van der Waals surface area contributed by atoms with Crippen molar-refractivity contribution in [3.05, 3.63) is 0 Å². The van der Waals surface area contributed by atoms with Crippen LogP contribution in [0.5, 0.6) is 0 Å². The number of carbonyl (C=O) groups excluding carboxylic acids is 1. The van der Waals surface area contributed by atoms with Crippen molar-refractivity contribution in [2.75, 3.05) is 25.2 Å². The number of esters is 1. The van der Waals surface area contributed by atoms with E-state index >= 15 is 0 Å². The summed E-state index contributed by atoms with van der Waals surface area (Å²) in [5.41, 5.74) is 0. The van der Waals surface area contributed by atoms with E-state index in [0.717, 1.165) is 24.1 Å². The summed E-state index contributed by atoms with van der Waals surface area (Å²) >= 11 is 1.80. The van der Waals surface area contributed by atoms with E-state index < -0.39 is 0 Å². The molecule has 0 amide bonds. The van der Waals surface area contributed by atoms with E-state index in [1.54, 1.807) is 11.8 Å². The number of hydrogen-bond acceptors (Lipinski definition) is 4. The van der Waals surface area contributed by atoms with Crippen LogP contribution in [0.25, 0.3) is 0 Å². The zero-order chi connectivity index (χ0) is 9.52. The van der Waals surface area contributed by atoms with Crippen molar-refractivity contribution in [3.8, 4) is 0 Å². The van der Waals surface area contributed by atoms with Gasteiger partial charge in [-0.2, -0.15) is 11.8 Å². The standard InChI is InChI=1S/C9H17NO2S/c1-12-9(11)4-6-13-7-5-10-8-2-3-8/h8,10H,2-7H2,1H3. The van der Waals surface area contributed by atoms with E-state index in [1.165, 1.54) is 20.0 Å². The zero-order valence-electron chi connectivity index (χ0n) is 8.04. The van der Waals surface area contributed by atoms with Gasteiger partial charge in [-0.3, -0.25) is 4.79 Å². The summed E-state index contributed by atoms with van der Waals surface area (Å²) < 4.78 is 4.54. The Morgan fingerprint density at radius 3 is 2.92 bits per heavy atom. The van der Waals surface area contributed by atoms with Gasteiger partial charge in [0.25, 0.3) is 0 Å². The molecule has 0 aromatic carbocycles. The minimum Gasteiger partial charge on any atom is -0.469 e. The average Bonchev–Trinajstić information content (AvgIpc) is 2.94. The highest BCUT2D eigenvalue weighted by Gasteiger charge is 2.19. The SMILES string of the molecule is COC(=O)CCSCCNC1CC1. The molecule has 0 aromatic rings. The molecular formula is C9H17NO2S. The lowest BCUT2D eigenvalue weighted by Gasteiger charge is -2.02. The number of carbonyl (C=O) groups is 1. The third-order valence-electron chi connectivity index (χ3n) is 1.93. The van der Waals surface area contributed by atoms with Crippen molar-refractivity contribution in [2.45, 2.75) is 25.3 Å². The lowest BCUT2D eigenvalue weighted by molar-refractivity contribution is -0.140. The maximum absolute atomic E-state index is 10.7. The predicted molar refractivity (Wildman–Crippen MR) is 55.0 cm³/mol. The third kappa shape index (κ3) is 5.93. The minimum atomic E-state index is -0.109. The summed E-state index contributed by atoms with van der Waals surface area (Å²) in [4.78, 5) is 10.7. The van der Waals surface area contributed by atoms with Crippen LogP contribution in [0.15, 0.2) is 0 Å². The molecule has 1 N–H and O–H groups in total. The number of rotatable bonds is 7. The highest BCUT2D eigenvalue weighted by atomic mass is 32.2. The Balaban J connectivity index is 1.75. The van der Waals surface area contributed by atoms with E-state index in [0.29, 0.717) is 6.42 Å².